The van der Waals surface area contributed by atoms with Crippen LogP contribution >= 0.6 is 11.3 Å². The number of hydrogen-bond donors (Lipinski definition) is 1. The average molecular weight is 333 g/mol. The van der Waals surface area contributed by atoms with Crippen LogP contribution < -0.4 is 10.2 Å². The Balaban J connectivity index is 1.83. The highest BCUT2D eigenvalue weighted by molar-refractivity contribution is 7.16. The number of amides is 1. The van der Waals surface area contributed by atoms with Gasteiger partial charge in [0.05, 0.1) is 16.0 Å². The van der Waals surface area contributed by atoms with Crippen molar-refractivity contribution in [3.05, 3.63) is 56.5 Å². The Morgan fingerprint density at radius 2 is 2.17 bits per heavy atom. The first-order valence-corrected chi connectivity index (χ1v) is 7.53. The van der Waals surface area contributed by atoms with Crippen molar-refractivity contribution in [1.29, 1.82) is 0 Å². The van der Waals surface area contributed by atoms with Gasteiger partial charge >= 0.3 is 5.00 Å². The van der Waals surface area contributed by atoms with E-state index in [0.717, 1.165) is 22.5 Å². The molecule has 0 saturated heterocycles. The molecule has 7 nitrogen and oxygen atoms in total. The fourth-order valence-electron chi connectivity index (χ4n) is 1.72. The van der Waals surface area contributed by atoms with Crippen LogP contribution in [0.4, 0.5) is 5.00 Å². The van der Waals surface area contributed by atoms with E-state index in [1.807, 2.05) is 32.0 Å². The van der Waals surface area contributed by atoms with E-state index in [0.29, 0.717) is 10.6 Å². The Kier molecular flexibility index (Phi) is 5.42. The highest BCUT2D eigenvalue weighted by atomic mass is 32.1. The van der Waals surface area contributed by atoms with Gasteiger partial charge in [0.15, 0.2) is 6.61 Å². The summed E-state index contributed by atoms with van der Waals surface area (Å²) in [5.41, 5.74) is 4.30. The number of nitrogens with zero attached hydrogens (tertiary/aromatic N) is 2. The van der Waals surface area contributed by atoms with Crippen LogP contribution in [0.2, 0.25) is 0 Å². The zero-order chi connectivity index (χ0) is 16.8. The molecule has 0 aliphatic rings. The number of nitrogens with one attached hydrogen (secondary N) is 1. The number of benzene rings is 1. The van der Waals surface area contributed by atoms with Gasteiger partial charge in [-0.2, -0.15) is 5.10 Å². The second kappa shape index (κ2) is 7.50. The lowest BCUT2D eigenvalue weighted by atomic mass is 10.1. The lowest BCUT2D eigenvalue weighted by molar-refractivity contribution is -0.380. The van der Waals surface area contributed by atoms with Crippen molar-refractivity contribution in [2.24, 2.45) is 5.10 Å². The molecule has 0 fully saturated rings. The van der Waals surface area contributed by atoms with Gasteiger partial charge in [-0.3, -0.25) is 14.9 Å². The summed E-state index contributed by atoms with van der Waals surface area (Å²) in [4.78, 5) is 22.3. The molecule has 0 saturated carbocycles. The Labute approximate surface area is 136 Å². The first kappa shape index (κ1) is 16.6. The summed E-state index contributed by atoms with van der Waals surface area (Å²) >= 11 is 0.975. The van der Waals surface area contributed by atoms with Gasteiger partial charge < -0.3 is 4.74 Å². The summed E-state index contributed by atoms with van der Waals surface area (Å²) in [7, 11) is 0. The normalized spacial score (nSPS) is 10.7. The van der Waals surface area contributed by atoms with Crippen LogP contribution in [-0.4, -0.2) is 23.7 Å². The smallest absolute Gasteiger partial charge is 0.324 e. The molecule has 1 heterocycles. The number of hydrazone groups is 1. The van der Waals surface area contributed by atoms with Gasteiger partial charge in [0.2, 0.25) is 0 Å². The summed E-state index contributed by atoms with van der Waals surface area (Å²) < 4.78 is 5.45. The van der Waals surface area contributed by atoms with Gasteiger partial charge in [0, 0.05) is 6.07 Å². The molecule has 23 heavy (non-hydrogen) atoms. The third-order valence-corrected chi connectivity index (χ3v) is 3.85. The van der Waals surface area contributed by atoms with E-state index < -0.39 is 10.8 Å². The number of hydrogen-bond acceptors (Lipinski definition) is 6. The molecule has 1 aromatic carbocycles. The molecule has 1 aromatic heterocycles. The number of thiophene rings is 1. The molecule has 1 N–H and O–H groups in total. The quantitative estimate of drug-likeness (QED) is 0.499. The average Bonchev–Trinajstić information content (AvgIpc) is 2.97. The van der Waals surface area contributed by atoms with Crippen LogP contribution in [0.25, 0.3) is 0 Å². The number of ether oxygens (including phenoxy) is 1. The summed E-state index contributed by atoms with van der Waals surface area (Å²) in [6.07, 6.45) is 1.35. The largest absolute Gasteiger partial charge is 0.483 e. The van der Waals surface area contributed by atoms with Crippen molar-refractivity contribution < 1.29 is 14.5 Å². The van der Waals surface area contributed by atoms with E-state index in [2.05, 4.69) is 10.5 Å². The highest BCUT2D eigenvalue weighted by Gasteiger charge is 2.08. The molecule has 2 rings (SSSR count). The van der Waals surface area contributed by atoms with E-state index >= 15 is 0 Å². The maximum Gasteiger partial charge on any atom is 0.324 e. The fraction of sp³-hybridized carbons (Fsp3) is 0.200. The number of nitro groups is 1. The molecule has 0 aliphatic heterocycles. The third kappa shape index (κ3) is 4.89. The molecule has 1 amide bonds. The van der Waals surface area contributed by atoms with Crippen molar-refractivity contribution in [1.82, 2.24) is 5.43 Å². The van der Waals surface area contributed by atoms with Gasteiger partial charge in [0.25, 0.3) is 5.91 Å². The van der Waals surface area contributed by atoms with Crippen LogP contribution in [0, 0.1) is 24.0 Å². The Morgan fingerprint density at radius 1 is 1.39 bits per heavy atom. The molecule has 8 heteroatoms. The molecule has 120 valence electrons. The van der Waals surface area contributed by atoms with E-state index in [4.69, 9.17) is 4.74 Å². The van der Waals surface area contributed by atoms with Crippen molar-refractivity contribution in [3.63, 3.8) is 0 Å². The summed E-state index contributed by atoms with van der Waals surface area (Å²) in [5, 5.41) is 14.3. The predicted octanol–water partition coefficient (Wildman–Crippen LogP) is 2.80. The second-order valence-corrected chi connectivity index (χ2v) is 5.88. The fourth-order valence-corrected chi connectivity index (χ4v) is 2.41. The van der Waals surface area contributed by atoms with Crippen molar-refractivity contribution in [2.45, 2.75) is 13.8 Å². The zero-order valence-electron chi connectivity index (χ0n) is 12.6. The standard InChI is InChI=1S/C15H15N3O4S/c1-10-3-4-11(2)13(7-10)22-9-14(19)17-16-8-12-5-6-15(23-12)18(20)21/h3-8H,9H2,1-2H3,(H,17,19)/b16-8+. The summed E-state index contributed by atoms with van der Waals surface area (Å²) in [6.45, 7) is 3.68. The lowest BCUT2D eigenvalue weighted by Crippen LogP contribution is -2.24. The van der Waals surface area contributed by atoms with Crippen LogP contribution in [0.5, 0.6) is 5.75 Å². The first-order valence-electron chi connectivity index (χ1n) is 6.72. The van der Waals surface area contributed by atoms with Gasteiger partial charge in [-0.05, 0) is 37.1 Å². The molecule has 2 aromatic rings. The molecule has 0 aliphatic carbocycles. The van der Waals surface area contributed by atoms with E-state index in [-0.39, 0.29) is 11.6 Å². The van der Waals surface area contributed by atoms with E-state index in [1.54, 1.807) is 6.07 Å². The summed E-state index contributed by atoms with van der Waals surface area (Å²) in [6, 6.07) is 8.69. The molecule has 0 bridgehead atoms. The first-order chi connectivity index (χ1) is 11.0. The van der Waals surface area contributed by atoms with Crippen LogP contribution in [0.15, 0.2) is 35.4 Å². The van der Waals surface area contributed by atoms with Crippen LogP contribution in [0.1, 0.15) is 16.0 Å². The Hall–Kier alpha value is -2.74. The number of aryl methyl sites for hydroxylation is 2. The number of carbonyl (C=O) groups excluding carboxylic acids is 1. The lowest BCUT2D eigenvalue weighted by Gasteiger charge is -2.08. The summed E-state index contributed by atoms with van der Waals surface area (Å²) in [5.74, 6) is 0.242. The maximum absolute atomic E-state index is 11.7. The highest BCUT2D eigenvalue weighted by Crippen LogP contribution is 2.22. The minimum Gasteiger partial charge on any atom is -0.483 e. The van der Waals surface area contributed by atoms with Crippen LogP contribution in [-0.2, 0) is 4.79 Å². The SMILES string of the molecule is Cc1ccc(C)c(OCC(=O)N/N=C/c2ccc([N+](=O)[O-])s2)c1. The molecule has 0 unspecified atom stereocenters. The topological polar surface area (TPSA) is 93.8 Å². The number of rotatable bonds is 6. The molecular formula is C15H15N3O4S. The minimum atomic E-state index is -0.474. The zero-order valence-corrected chi connectivity index (χ0v) is 13.4. The predicted molar refractivity (Wildman–Crippen MR) is 88.1 cm³/mol. The molecular weight excluding hydrogens is 318 g/mol. The van der Waals surface area contributed by atoms with Gasteiger partial charge in [-0.15, -0.1) is 0 Å². The minimum absolute atomic E-state index is 0.0241. The van der Waals surface area contributed by atoms with Crippen molar-refractivity contribution in [3.8, 4) is 5.75 Å². The molecule has 0 radical (unpaired) electrons. The van der Waals surface area contributed by atoms with Gasteiger partial charge in [-0.25, -0.2) is 5.43 Å². The Bertz CT molecular complexity index is 755. The third-order valence-electron chi connectivity index (χ3n) is 2.88. The number of carbonyl (C=O) groups is 1. The monoisotopic (exact) mass is 333 g/mol. The molecule has 0 spiro atoms. The van der Waals surface area contributed by atoms with E-state index in [9.17, 15) is 14.9 Å². The van der Waals surface area contributed by atoms with E-state index in [1.165, 1.54) is 12.3 Å². The van der Waals surface area contributed by atoms with Gasteiger partial charge in [0.1, 0.15) is 5.75 Å². The van der Waals surface area contributed by atoms with Gasteiger partial charge in [-0.1, -0.05) is 23.5 Å². The van der Waals surface area contributed by atoms with Crippen molar-refractivity contribution in [2.75, 3.05) is 6.61 Å². The maximum atomic E-state index is 11.7. The molecule has 0 atom stereocenters. The van der Waals surface area contributed by atoms with Crippen LogP contribution in [0.3, 0.4) is 0 Å². The van der Waals surface area contributed by atoms with Crippen molar-refractivity contribution >= 4 is 28.5 Å². The second-order valence-electron chi connectivity index (χ2n) is 4.78. The Morgan fingerprint density at radius 3 is 2.87 bits per heavy atom.